The largest absolute Gasteiger partial charge is 0.573 e. The van der Waals surface area contributed by atoms with E-state index in [1.807, 2.05) is 0 Å². The molecule has 18 heavy (non-hydrogen) atoms. The van der Waals surface area contributed by atoms with E-state index in [-0.39, 0.29) is 17.4 Å². The summed E-state index contributed by atoms with van der Waals surface area (Å²) in [6, 6.07) is 5.48. The molecule has 0 unspecified atom stereocenters. The van der Waals surface area contributed by atoms with Crippen LogP contribution in [0.25, 0.3) is 0 Å². The first kappa shape index (κ1) is 12.6. The van der Waals surface area contributed by atoms with Crippen LogP contribution in [0.15, 0.2) is 18.2 Å². The highest BCUT2D eigenvalue weighted by Crippen LogP contribution is 2.32. The fraction of sp³-hybridized carbons (Fsp3) is 0.417. The third kappa shape index (κ3) is 3.06. The van der Waals surface area contributed by atoms with Gasteiger partial charge in [-0.25, -0.2) is 0 Å². The lowest BCUT2D eigenvalue weighted by Gasteiger charge is -2.26. The second kappa shape index (κ2) is 4.77. The zero-order valence-corrected chi connectivity index (χ0v) is 9.33. The Bertz CT molecular complexity index is 475. The summed E-state index contributed by atoms with van der Waals surface area (Å²) in [6.45, 7) is 0. The molecule has 1 fully saturated rings. The summed E-state index contributed by atoms with van der Waals surface area (Å²) in [5.74, 6) is -0.236. The molecule has 0 saturated heterocycles. The highest BCUT2D eigenvalue weighted by molar-refractivity contribution is 5.47. The topological polar surface area (TPSA) is 42.2 Å². The van der Waals surface area contributed by atoms with E-state index in [9.17, 15) is 13.2 Å². The Labute approximate surface area is 102 Å². The number of benzene rings is 1. The number of halogens is 3. The fourth-order valence-electron chi connectivity index (χ4n) is 1.56. The van der Waals surface area contributed by atoms with Gasteiger partial charge in [-0.3, -0.25) is 0 Å². The minimum absolute atomic E-state index is 0.0525. The Morgan fingerprint density at radius 2 is 2.00 bits per heavy atom. The van der Waals surface area contributed by atoms with Gasteiger partial charge in [0.25, 0.3) is 0 Å². The molecule has 6 heteroatoms. The number of hydrogen-bond donors (Lipinski definition) is 0. The maximum absolute atomic E-state index is 12.2. The molecule has 3 nitrogen and oxygen atoms in total. The third-order valence-electron chi connectivity index (χ3n) is 2.65. The van der Waals surface area contributed by atoms with Crippen molar-refractivity contribution in [2.24, 2.45) is 0 Å². The molecule has 0 bridgehead atoms. The second-order valence-corrected chi connectivity index (χ2v) is 3.99. The van der Waals surface area contributed by atoms with Gasteiger partial charge in [-0.2, -0.15) is 5.26 Å². The van der Waals surface area contributed by atoms with E-state index >= 15 is 0 Å². The Morgan fingerprint density at radius 1 is 1.28 bits per heavy atom. The molecule has 0 spiro atoms. The molecule has 0 aromatic heterocycles. The minimum Gasteiger partial charge on any atom is -0.490 e. The monoisotopic (exact) mass is 257 g/mol. The van der Waals surface area contributed by atoms with Gasteiger partial charge in [0.05, 0.1) is 11.7 Å². The molecule has 96 valence electrons. The molecule has 1 aliphatic carbocycles. The number of hydrogen-bond acceptors (Lipinski definition) is 3. The molecule has 0 aliphatic heterocycles. The van der Waals surface area contributed by atoms with Crippen LogP contribution in [0.3, 0.4) is 0 Å². The average molecular weight is 257 g/mol. The normalized spacial score (nSPS) is 15.7. The van der Waals surface area contributed by atoms with Crippen molar-refractivity contribution in [3.63, 3.8) is 0 Å². The van der Waals surface area contributed by atoms with Gasteiger partial charge in [0, 0.05) is 6.07 Å². The molecule has 0 N–H and O–H groups in total. The van der Waals surface area contributed by atoms with E-state index in [0.29, 0.717) is 0 Å². The summed E-state index contributed by atoms with van der Waals surface area (Å²) < 4.78 is 45.7. The van der Waals surface area contributed by atoms with Gasteiger partial charge in [-0.05, 0) is 31.4 Å². The lowest BCUT2D eigenvalue weighted by atomic mass is 9.96. The summed E-state index contributed by atoms with van der Waals surface area (Å²) in [7, 11) is 0. The van der Waals surface area contributed by atoms with E-state index in [4.69, 9.17) is 10.00 Å². The van der Waals surface area contributed by atoms with Gasteiger partial charge in [0.1, 0.15) is 11.8 Å². The number of nitriles is 1. The predicted octanol–water partition coefficient (Wildman–Crippen LogP) is 3.39. The number of ether oxygens (including phenoxy) is 2. The first-order chi connectivity index (χ1) is 8.48. The maximum Gasteiger partial charge on any atom is 0.573 e. The van der Waals surface area contributed by atoms with Crippen molar-refractivity contribution in [3.8, 4) is 17.6 Å². The summed E-state index contributed by atoms with van der Waals surface area (Å²) >= 11 is 0. The minimum atomic E-state index is -4.82. The van der Waals surface area contributed by atoms with Crippen LogP contribution < -0.4 is 9.47 Å². The van der Waals surface area contributed by atoms with Crippen LogP contribution in [0.5, 0.6) is 11.5 Å². The SMILES string of the molecule is N#Cc1ccc(OC2CCC2)cc1OC(F)(F)F. The lowest BCUT2D eigenvalue weighted by Crippen LogP contribution is -2.24. The Balaban J connectivity index is 2.18. The molecule has 1 aromatic carbocycles. The van der Waals surface area contributed by atoms with Crippen LogP contribution >= 0.6 is 0 Å². The molecule has 0 radical (unpaired) electrons. The zero-order chi connectivity index (χ0) is 13.2. The molecular formula is C12H10F3NO2. The number of alkyl halides is 3. The fourth-order valence-corrected chi connectivity index (χ4v) is 1.56. The smallest absolute Gasteiger partial charge is 0.490 e. The number of nitrogens with zero attached hydrogens (tertiary/aromatic N) is 1. The zero-order valence-electron chi connectivity index (χ0n) is 9.33. The number of rotatable bonds is 3. The van der Waals surface area contributed by atoms with Crippen molar-refractivity contribution in [2.75, 3.05) is 0 Å². The van der Waals surface area contributed by atoms with Crippen molar-refractivity contribution in [3.05, 3.63) is 23.8 Å². The van der Waals surface area contributed by atoms with Crippen LogP contribution in [0.4, 0.5) is 13.2 Å². The quantitative estimate of drug-likeness (QED) is 0.833. The van der Waals surface area contributed by atoms with Gasteiger partial charge in [0.15, 0.2) is 5.75 Å². The second-order valence-electron chi connectivity index (χ2n) is 3.99. The van der Waals surface area contributed by atoms with Crippen molar-refractivity contribution in [1.29, 1.82) is 5.26 Å². The Morgan fingerprint density at radius 3 is 2.50 bits per heavy atom. The Hall–Kier alpha value is -1.90. The summed E-state index contributed by atoms with van der Waals surface area (Å²) in [4.78, 5) is 0. The van der Waals surface area contributed by atoms with Crippen LogP contribution in [0, 0.1) is 11.3 Å². The summed E-state index contributed by atoms with van der Waals surface area (Å²) in [6.07, 6.45) is -1.91. The molecule has 1 aromatic rings. The highest BCUT2D eigenvalue weighted by Gasteiger charge is 2.32. The molecule has 0 atom stereocenters. The van der Waals surface area contributed by atoms with E-state index in [2.05, 4.69) is 4.74 Å². The summed E-state index contributed by atoms with van der Waals surface area (Å²) in [5, 5.41) is 8.71. The average Bonchev–Trinajstić information content (AvgIpc) is 2.21. The van der Waals surface area contributed by atoms with E-state index in [1.165, 1.54) is 12.1 Å². The molecule has 2 rings (SSSR count). The molecule has 1 saturated carbocycles. The van der Waals surface area contributed by atoms with E-state index < -0.39 is 12.1 Å². The highest BCUT2D eigenvalue weighted by atomic mass is 19.4. The van der Waals surface area contributed by atoms with Crippen molar-refractivity contribution in [1.82, 2.24) is 0 Å². The Kier molecular flexibility index (Phi) is 3.32. The standard InChI is InChI=1S/C12H10F3NO2/c13-12(14,15)18-11-6-10(5-4-8(11)7-16)17-9-2-1-3-9/h4-6,9H,1-3H2. The summed E-state index contributed by atoms with van der Waals surface area (Å²) in [5.41, 5.74) is -0.173. The van der Waals surface area contributed by atoms with Gasteiger partial charge >= 0.3 is 6.36 Å². The van der Waals surface area contributed by atoms with E-state index in [0.717, 1.165) is 25.3 Å². The predicted molar refractivity (Wildman–Crippen MR) is 56.1 cm³/mol. The van der Waals surface area contributed by atoms with Crippen molar-refractivity contribution in [2.45, 2.75) is 31.7 Å². The molecule has 1 aliphatic rings. The van der Waals surface area contributed by atoms with E-state index in [1.54, 1.807) is 6.07 Å². The van der Waals surface area contributed by atoms with Gasteiger partial charge < -0.3 is 9.47 Å². The molecule has 0 amide bonds. The van der Waals surface area contributed by atoms with Gasteiger partial charge in [0.2, 0.25) is 0 Å². The first-order valence-electron chi connectivity index (χ1n) is 5.44. The maximum atomic E-state index is 12.2. The third-order valence-corrected chi connectivity index (χ3v) is 2.65. The van der Waals surface area contributed by atoms with Crippen LogP contribution in [-0.2, 0) is 0 Å². The van der Waals surface area contributed by atoms with Gasteiger partial charge in [-0.1, -0.05) is 0 Å². The van der Waals surface area contributed by atoms with Gasteiger partial charge in [-0.15, -0.1) is 13.2 Å². The molecular weight excluding hydrogens is 247 g/mol. The van der Waals surface area contributed by atoms with Crippen molar-refractivity contribution < 1.29 is 22.6 Å². The lowest BCUT2D eigenvalue weighted by molar-refractivity contribution is -0.274. The van der Waals surface area contributed by atoms with Crippen molar-refractivity contribution >= 4 is 0 Å². The first-order valence-corrected chi connectivity index (χ1v) is 5.44. The van der Waals surface area contributed by atoms with Crippen LogP contribution in [0.1, 0.15) is 24.8 Å². The van der Waals surface area contributed by atoms with Crippen LogP contribution in [0.2, 0.25) is 0 Å². The van der Waals surface area contributed by atoms with Crippen LogP contribution in [-0.4, -0.2) is 12.5 Å². The molecule has 0 heterocycles.